The van der Waals surface area contributed by atoms with Crippen LogP contribution in [0.4, 0.5) is 8.78 Å². The number of nitrogens with one attached hydrogen (secondary N) is 2. The number of hydrogen-bond acceptors (Lipinski definition) is 7. The van der Waals surface area contributed by atoms with E-state index < -0.39 is 30.5 Å². The zero-order chi connectivity index (χ0) is 26.2. The molecule has 1 amide bonds. The van der Waals surface area contributed by atoms with Gasteiger partial charge in [0.2, 0.25) is 5.91 Å². The van der Waals surface area contributed by atoms with Gasteiger partial charge in [0.25, 0.3) is 0 Å². The first kappa shape index (κ1) is 29.4. The predicted molar refractivity (Wildman–Crippen MR) is 139 cm³/mol. The Morgan fingerprint density at radius 3 is 2.50 bits per heavy atom. The van der Waals surface area contributed by atoms with Crippen LogP contribution in [0.15, 0.2) is 4.99 Å². The van der Waals surface area contributed by atoms with Crippen molar-refractivity contribution in [3.63, 3.8) is 0 Å². The summed E-state index contributed by atoms with van der Waals surface area (Å²) in [7, 11) is 0. The fourth-order valence-corrected chi connectivity index (χ4v) is 5.81. The van der Waals surface area contributed by atoms with Gasteiger partial charge in [0.1, 0.15) is 12.3 Å². The summed E-state index contributed by atoms with van der Waals surface area (Å²) in [4.78, 5) is 20.0. The van der Waals surface area contributed by atoms with Gasteiger partial charge in [-0.25, -0.2) is 8.78 Å². The minimum atomic E-state index is -1.17. The summed E-state index contributed by atoms with van der Waals surface area (Å²) in [5.41, 5.74) is 12.0. The second kappa shape index (κ2) is 14.1. The van der Waals surface area contributed by atoms with E-state index in [1.807, 2.05) is 0 Å². The number of halogens is 2. The molecule has 0 bridgehead atoms. The highest BCUT2D eigenvalue weighted by Crippen LogP contribution is 2.34. The molecule has 7 unspecified atom stereocenters. The molecular formula is C26H48F2N6O2. The van der Waals surface area contributed by atoms with Crippen LogP contribution in [-0.2, 0) is 9.53 Å². The molecule has 3 fully saturated rings. The van der Waals surface area contributed by atoms with Crippen LogP contribution in [0.5, 0.6) is 0 Å². The number of rotatable bonds is 12. The van der Waals surface area contributed by atoms with Crippen molar-refractivity contribution < 1.29 is 18.3 Å². The van der Waals surface area contributed by atoms with Gasteiger partial charge in [-0.2, -0.15) is 0 Å². The SMILES string of the molecule is CCC(C)CCC(F)/C=N\C(C)C(C(=O)NC1CNCC(F)C1C1CCN(C2COC2)CC1)C(N)N. The maximum atomic E-state index is 15.2. The number of carbonyl (C=O) groups excluding carboxylic acids is 1. The Kier molecular flexibility index (Phi) is 11.5. The van der Waals surface area contributed by atoms with Gasteiger partial charge in [-0.3, -0.25) is 14.7 Å². The summed E-state index contributed by atoms with van der Waals surface area (Å²) in [6.45, 7) is 10.1. The smallest absolute Gasteiger partial charge is 0.228 e. The van der Waals surface area contributed by atoms with Crippen molar-refractivity contribution in [3.8, 4) is 0 Å². The molecule has 3 rings (SSSR count). The van der Waals surface area contributed by atoms with E-state index in [0.29, 0.717) is 31.5 Å². The van der Waals surface area contributed by atoms with Crippen LogP contribution in [0.2, 0.25) is 0 Å². The number of nitrogens with two attached hydrogens (primary N) is 2. The number of likely N-dealkylation sites (tertiary alicyclic amines) is 1. The number of nitrogens with zero attached hydrogens (tertiary/aromatic N) is 2. The van der Waals surface area contributed by atoms with Crippen LogP contribution < -0.4 is 22.1 Å². The van der Waals surface area contributed by atoms with E-state index >= 15 is 4.39 Å². The minimum absolute atomic E-state index is 0.197. The summed E-state index contributed by atoms with van der Waals surface area (Å²) >= 11 is 0. The van der Waals surface area contributed by atoms with Crippen LogP contribution in [-0.4, -0.2) is 93.0 Å². The Balaban J connectivity index is 1.58. The summed E-state index contributed by atoms with van der Waals surface area (Å²) < 4.78 is 34.8. The van der Waals surface area contributed by atoms with Crippen molar-refractivity contribution in [2.75, 3.05) is 39.4 Å². The topological polar surface area (TPSA) is 118 Å². The predicted octanol–water partition coefficient (Wildman–Crippen LogP) is 1.62. The van der Waals surface area contributed by atoms with Gasteiger partial charge in [-0.15, -0.1) is 0 Å². The first-order chi connectivity index (χ1) is 17.2. The van der Waals surface area contributed by atoms with Crippen molar-refractivity contribution >= 4 is 12.1 Å². The van der Waals surface area contributed by atoms with Crippen LogP contribution >= 0.6 is 0 Å². The third kappa shape index (κ3) is 7.90. The monoisotopic (exact) mass is 514 g/mol. The molecule has 0 aromatic heterocycles. The first-order valence-corrected chi connectivity index (χ1v) is 13.9. The van der Waals surface area contributed by atoms with E-state index in [1.165, 1.54) is 6.21 Å². The number of piperidine rings is 2. The lowest BCUT2D eigenvalue weighted by molar-refractivity contribution is -0.128. The second-order valence-corrected chi connectivity index (χ2v) is 11.2. The van der Waals surface area contributed by atoms with E-state index in [9.17, 15) is 9.18 Å². The van der Waals surface area contributed by atoms with Gasteiger partial charge in [0.05, 0.1) is 37.4 Å². The molecule has 3 aliphatic rings. The van der Waals surface area contributed by atoms with Crippen LogP contribution in [0.25, 0.3) is 0 Å². The zero-order valence-corrected chi connectivity index (χ0v) is 22.3. The lowest BCUT2D eigenvalue weighted by atomic mass is 9.75. The molecular weight excluding hydrogens is 466 g/mol. The molecule has 3 aliphatic heterocycles. The molecule has 0 aromatic carbocycles. The zero-order valence-electron chi connectivity index (χ0n) is 22.3. The van der Waals surface area contributed by atoms with Crippen molar-refractivity contribution in [2.24, 2.45) is 40.1 Å². The second-order valence-electron chi connectivity index (χ2n) is 11.2. The third-order valence-corrected chi connectivity index (χ3v) is 8.52. The van der Waals surface area contributed by atoms with Gasteiger partial charge in [-0.1, -0.05) is 20.3 Å². The van der Waals surface area contributed by atoms with E-state index in [1.54, 1.807) is 6.92 Å². The summed E-state index contributed by atoms with van der Waals surface area (Å²) in [5, 5.41) is 6.16. The Bertz CT molecular complexity index is 702. The van der Waals surface area contributed by atoms with Gasteiger partial charge in [0, 0.05) is 31.3 Å². The third-order valence-electron chi connectivity index (χ3n) is 8.52. The van der Waals surface area contributed by atoms with E-state index in [-0.39, 0.29) is 23.8 Å². The number of hydrogen-bond donors (Lipinski definition) is 4. The largest absolute Gasteiger partial charge is 0.378 e. The average Bonchev–Trinajstić information content (AvgIpc) is 2.80. The van der Waals surface area contributed by atoms with E-state index in [4.69, 9.17) is 16.2 Å². The maximum absolute atomic E-state index is 15.2. The molecule has 0 aromatic rings. The molecule has 7 atom stereocenters. The molecule has 8 nitrogen and oxygen atoms in total. The molecule has 6 N–H and O–H groups in total. The normalized spacial score (nSPS) is 30.2. The molecule has 0 aliphatic carbocycles. The highest BCUT2D eigenvalue weighted by atomic mass is 19.1. The molecule has 208 valence electrons. The number of alkyl halides is 2. The fraction of sp³-hybridized carbons (Fsp3) is 0.923. The highest BCUT2D eigenvalue weighted by Gasteiger charge is 2.43. The van der Waals surface area contributed by atoms with Crippen LogP contribution in [0, 0.1) is 23.7 Å². The summed E-state index contributed by atoms with van der Waals surface area (Å²) in [6.07, 6.45) is 2.12. The molecule has 3 heterocycles. The Hall–Kier alpha value is -1.20. The van der Waals surface area contributed by atoms with E-state index in [0.717, 1.165) is 52.0 Å². The molecule has 0 radical (unpaired) electrons. The summed E-state index contributed by atoms with van der Waals surface area (Å²) in [6, 6.07) is -0.453. The van der Waals surface area contributed by atoms with Crippen molar-refractivity contribution in [1.29, 1.82) is 0 Å². The molecule has 3 saturated heterocycles. The van der Waals surface area contributed by atoms with Gasteiger partial charge in [-0.05, 0) is 57.5 Å². The number of ether oxygens (including phenoxy) is 1. The molecule has 10 heteroatoms. The number of aliphatic imine (C=N–C) groups is 1. The van der Waals surface area contributed by atoms with Crippen LogP contribution in [0.1, 0.15) is 52.9 Å². The molecule has 0 saturated carbocycles. The average molecular weight is 515 g/mol. The summed E-state index contributed by atoms with van der Waals surface area (Å²) in [5.74, 6) is -0.785. The fourth-order valence-electron chi connectivity index (χ4n) is 5.81. The van der Waals surface area contributed by atoms with Gasteiger partial charge >= 0.3 is 0 Å². The highest BCUT2D eigenvalue weighted by molar-refractivity contribution is 5.81. The molecule has 0 spiro atoms. The van der Waals surface area contributed by atoms with Gasteiger partial charge < -0.3 is 26.8 Å². The van der Waals surface area contributed by atoms with Crippen molar-refractivity contribution in [1.82, 2.24) is 15.5 Å². The van der Waals surface area contributed by atoms with Gasteiger partial charge in [0.15, 0.2) is 0 Å². The minimum Gasteiger partial charge on any atom is -0.378 e. The van der Waals surface area contributed by atoms with Crippen molar-refractivity contribution in [2.45, 2.75) is 89.5 Å². The maximum Gasteiger partial charge on any atom is 0.228 e. The Labute approximate surface area is 215 Å². The van der Waals surface area contributed by atoms with Crippen LogP contribution in [0.3, 0.4) is 0 Å². The Morgan fingerprint density at radius 1 is 1.22 bits per heavy atom. The number of amides is 1. The first-order valence-electron chi connectivity index (χ1n) is 13.9. The Morgan fingerprint density at radius 2 is 1.92 bits per heavy atom. The molecule has 36 heavy (non-hydrogen) atoms. The lowest BCUT2D eigenvalue weighted by Crippen LogP contribution is -2.62. The quantitative estimate of drug-likeness (QED) is 0.232. The lowest BCUT2D eigenvalue weighted by Gasteiger charge is -2.46. The van der Waals surface area contributed by atoms with E-state index in [2.05, 4.69) is 34.4 Å². The van der Waals surface area contributed by atoms with Crippen molar-refractivity contribution in [3.05, 3.63) is 0 Å². The number of carbonyl (C=O) groups is 1. The standard InChI is InChI=1S/C26H48F2N6O2/c1-4-16(2)5-6-19(27)11-32-17(3)23(25(29)30)26(35)33-22-13-31-12-21(28)24(22)18-7-9-34(10-8-18)20-14-36-15-20/h11,16-25,31H,4-10,12-15,29-30H2,1-3H3,(H,33,35)/b32-11-.